The second-order valence-corrected chi connectivity index (χ2v) is 5.84. The molecule has 0 fully saturated rings. The van der Waals surface area contributed by atoms with Crippen molar-refractivity contribution in [3.63, 3.8) is 0 Å². The standard InChI is InChI=1S/C15H17Cl3O5/c1-2-3-4-5-22-13(19)8-21-9-14(20)23-15-11(17)6-10(16)7-12(15)18/h6-7H,2-5,8-9H2,1H3. The van der Waals surface area contributed by atoms with E-state index in [1.807, 2.05) is 0 Å². The summed E-state index contributed by atoms with van der Waals surface area (Å²) in [6.07, 6.45) is 2.83. The number of hydrogen-bond donors (Lipinski definition) is 0. The Labute approximate surface area is 149 Å². The predicted molar refractivity (Wildman–Crippen MR) is 88.4 cm³/mol. The second kappa shape index (κ2) is 10.7. The molecule has 0 aliphatic heterocycles. The SMILES string of the molecule is CCCCCOC(=O)COCC(=O)Oc1c(Cl)cc(Cl)cc1Cl. The molecule has 0 amide bonds. The number of rotatable bonds is 9. The summed E-state index contributed by atoms with van der Waals surface area (Å²) in [6.45, 7) is 1.63. The van der Waals surface area contributed by atoms with Crippen LogP contribution >= 0.6 is 34.8 Å². The zero-order valence-electron chi connectivity index (χ0n) is 12.6. The maximum atomic E-state index is 11.6. The van der Waals surface area contributed by atoms with Gasteiger partial charge in [-0.1, -0.05) is 54.6 Å². The first-order valence-electron chi connectivity index (χ1n) is 7.02. The average molecular weight is 384 g/mol. The Morgan fingerprint density at radius 3 is 2.22 bits per heavy atom. The zero-order valence-corrected chi connectivity index (χ0v) is 14.8. The third kappa shape index (κ3) is 7.88. The van der Waals surface area contributed by atoms with Gasteiger partial charge in [0, 0.05) is 5.02 Å². The van der Waals surface area contributed by atoms with Crippen molar-refractivity contribution in [1.29, 1.82) is 0 Å². The van der Waals surface area contributed by atoms with Gasteiger partial charge in [0.15, 0.2) is 5.75 Å². The number of hydrogen-bond acceptors (Lipinski definition) is 5. The molecule has 0 radical (unpaired) electrons. The lowest BCUT2D eigenvalue weighted by Gasteiger charge is -2.09. The lowest BCUT2D eigenvalue weighted by molar-refractivity contribution is -0.152. The molecule has 0 aliphatic carbocycles. The van der Waals surface area contributed by atoms with E-state index in [4.69, 9.17) is 49.0 Å². The molecular weight excluding hydrogens is 367 g/mol. The highest BCUT2D eigenvalue weighted by Crippen LogP contribution is 2.35. The molecule has 0 spiro atoms. The van der Waals surface area contributed by atoms with Crippen LogP contribution in [0.25, 0.3) is 0 Å². The lowest BCUT2D eigenvalue weighted by Crippen LogP contribution is -2.20. The van der Waals surface area contributed by atoms with Crippen molar-refractivity contribution in [2.45, 2.75) is 26.2 Å². The summed E-state index contributed by atoms with van der Waals surface area (Å²) in [6, 6.07) is 2.79. The van der Waals surface area contributed by atoms with E-state index in [0.29, 0.717) is 11.6 Å². The van der Waals surface area contributed by atoms with Crippen LogP contribution in [0.4, 0.5) is 0 Å². The summed E-state index contributed by atoms with van der Waals surface area (Å²) in [7, 11) is 0. The van der Waals surface area contributed by atoms with E-state index in [0.717, 1.165) is 19.3 Å². The van der Waals surface area contributed by atoms with Crippen molar-refractivity contribution in [3.05, 3.63) is 27.2 Å². The van der Waals surface area contributed by atoms with Crippen LogP contribution in [-0.4, -0.2) is 31.8 Å². The summed E-state index contributed by atoms with van der Waals surface area (Å²) in [5.74, 6) is -1.28. The third-order valence-electron chi connectivity index (χ3n) is 2.63. The molecule has 1 aromatic rings. The Morgan fingerprint density at radius 2 is 1.61 bits per heavy atom. The molecule has 8 heteroatoms. The number of carbonyl (C=O) groups excluding carboxylic acids is 2. The van der Waals surface area contributed by atoms with Crippen LogP contribution in [0.15, 0.2) is 12.1 Å². The molecule has 0 saturated carbocycles. The molecule has 0 heterocycles. The molecule has 0 aromatic heterocycles. The highest BCUT2D eigenvalue weighted by molar-refractivity contribution is 6.40. The molecule has 0 N–H and O–H groups in total. The molecule has 5 nitrogen and oxygen atoms in total. The fraction of sp³-hybridized carbons (Fsp3) is 0.467. The van der Waals surface area contributed by atoms with Crippen molar-refractivity contribution < 1.29 is 23.8 Å². The summed E-state index contributed by atoms with van der Waals surface area (Å²) in [5.41, 5.74) is 0. The van der Waals surface area contributed by atoms with Crippen molar-refractivity contribution in [2.75, 3.05) is 19.8 Å². The van der Waals surface area contributed by atoms with E-state index in [1.54, 1.807) is 0 Å². The van der Waals surface area contributed by atoms with Gasteiger partial charge in [0.05, 0.1) is 16.7 Å². The molecule has 128 valence electrons. The van der Waals surface area contributed by atoms with Gasteiger partial charge >= 0.3 is 11.9 Å². The minimum absolute atomic E-state index is 0.00604. The largest absolute Gasteiger partial charge is 0.464 e. The molecule has 1 rings (SSSR count). The number of halogens is 3. The van der Waals surface area contributed by atoms with Gasteiger partial charge in [-0.2, -0.15) is 0 Å². The van der Waals surface area contributed by atoms with Crippen molar-refractivity contribution >= 4 is 46.7 Å². The van der Waals surface area contributed by atoms with Crippen molar-refractivity contribution in [1.82, 2.24) is 0 Å². The monoisotopic (exact) mass is 382 g/mol. The fourth-order valence-electron chi connectivity index (χ4n) is 1.57. The van der Waals surface area contributed by atoms with Gasteiger partial charge in [-0.25, -0.2) is 9.59 Å². The average Bonchev–Trinajstić information content (AvgIpc) is 2.47. The van der Waals surface area contributed by atoms with Crippen LogP contribution in [0.3, 0.4) is 0 Å². The minimum atomic E-state index is -0.741. The first-order valence-corrected chi connectivity index (χ1v) is 8.16. The summed E-state index contributed by atoms with van der Waals surface area (Å²) >= 11 is 17.5. The Kier molecular flexibility index (Phi) is 9.33. The van der Waals surface area contributed by atoms with Crippen LogP contribution in [0.1, 0.15) is 26.2 Å². The molecule has 0 atom stereocenters. The smallest absolute Gasteiger partial charge is 0.337 e. The third-order valence-corrected chi connectivity index (χ3v) is 3.41. The van der Waals surface area contributed by atoms with E-state index in [-0.39, 0.29) is 22.4 Å². The molecule has 0 unspecified atom stereocenters. The van der Waals surface area contributed by atoms with Gasteiger partial charge < -0.3 is 14.2 Å². The van der Waals surface area contributed by atoms with Gasteiger partial charge in [0.1, 0.15) is 13.2 Å². The van der Waals surface area contributed by atoms with Gasteiger partial charge in [-0.3, -0.25) is 0 Å². The molecular formula is C15H17Cl3O5. The van der Waals surface area contributed by atoms with Crippen LogP contribution in [0.2, 0.25) is 15.1 Å². The Bertz CT molecular complexity index is 525. The number of benzene rings is 1. The normalized spacial score (nSPS) is 10.4. The molecule has 0 saturated heterocycles. The van der Waals surface area contributed by atoms with Gasteiger partial charge in [-0.15, -0.1) is 0 Å². The summed E-state index contributed by atoms with van der Waals surface area (Å²) in [4.78, 5) is 23.0. The highest BCUT2D eigenvalue weighted by Gasteiger charge is 2.14. The molecule has 0 aliphatic rings. The van der Waals surface area contributed by atoms with Crippen LogP contribution in [0, 0.1) is 0 Å². The lowest BCUT2D eigenvalue weighted by atomic mass is 10.3. The number of ether oxygens (including phenoxy) is 3. The molecule has 0 bridgehead atoms. The first kappa shape index (κ1) is 20.0. The molecule has 1 aromatic carbocycles. The quantitative estimate of drug-likeness (QED) is 0.361. The Hall–Kier alpha value is -1.01. The summed E-state index contributed by atoms with van der Waals surface area (Å²) in [5, 5.41) is 0.527. The van der Waals surface area contributed by atoms with E-state index in [9.17, 15) is 9.59 Å². The summed E-state index contributed by atoms with van der Waals surface area (Å²) < 4.78 is 14.8. The topological polar surface area (TPSA) is 61.8 Å². The van der Waals surface area contributed by atoms with Crippen molar-refractivity contribution in [3.8, 4) is 5.75 Å². The Morgan fingerprint density at radius 1 is 1.00 bits per heavy atom. The number of carbonyl (C=O) groups is 2. The Balaban J connectivity index is 2.31. The van der Waals surface area contributed by atoms with E-state index in [1.165, 1.54) is 12.1 Å². The predicted octanol–water partition coefficient (Wildman–Crippen LogP) is 4.30. The number of unbranched alkanes of at least 4 members (excludes halogenated alkanes) is 2. The highest BCUT2D eigenvalue weighted by atomic mass is 35.5. The van der Waals surface area contributed by atoms with E-state index >= 15 is 0 Å². The minimum Gasteiger partial charge on any atom is -0.464 e. The van der Waals surface area contributed by atoms with Gasteiger partial charge in [-0.05, 0) is 18.6 Å². The zero-order chi connectivity index (χ0) is 17.2. The van der Waals surface area contributed by atoms with Crippen LogP contribution < -0.4 is 4.74 Å². The van der Waals surface area contributed by atoms with Crippen LogP contribution in [-0.2, 0) is 19.1 Å². The number of esters is 2. The maximum absolute atomic E-state index is 11.6. The maximum Gasteiger partial charge on any atom is 0.337 e. The first-order chi connectivity index (χ1) is 10.9. The van der Waals surface area contributed by atoms with E-state index < -0.39 is 18.5 Å². The van der Waals surface area contributed by atoms with E-state index in [2.05, 4.69) is 6.92 Å². The molecule has 23 heavy (non-hydrogen) atoms. The van der Waals surface area contributed by atoms with Crippen LogP contribution in [0.5, 0.6) is 5.75 Å². The van der Waals surface area contributed by atoms with Gasteiger partial charge in [0.25, 0.3) is 0 Å². The van der Waals surface area contributed by atoms with Gasteiger partial charge in [0.2, 0.25) is 0 Å². The second-order valence-electron chi connectivity index (χ2n) is 4.59. The van der Waals surface area contributed by atoms with Crippen molar-refractivity contribution in [2.24, 2.45) is 0 Å². The fourth-order valence-corrected chi connectivity index (χ4v) is 2.46.